The average molecular weight is 355 g/mol. The summed E-state index contributed by atoms with van der Waals surface area (Å²) in [7, 11) is 0. The van der Waals surface area contributed by atoms with Crippen LogP contribution in [0.2, 0.25) is 0 Å². The van der Waals surface area contributed by atoms with Crippen LogP contribution in [0, 0.1) is 12.8 Å². The summed E-state index contributed by atoms with van der Waals surface area (Å²) >= 11 is 1.33. The molecule has 24 heavy (non-hydrogen) atoms. The predicted octanol–water partition coefficient (Wildman–Crippen LogP) is 6.16. The van der Waals surface area contributed by atoms with Crippen molar-refractivity contribution in [1.82, 2.24) is 0 Å². The van der Waals surface area contributed by atoms with Gasteiger partial charge in [-0.25, -0.2) is 8.78 Å². The lowest BCUT2D eigenvalue weighted by atomic mass is 10.0. The van der Waals surface area contributed by atoms with Crippen LogP contribution in [0.3, 0.4) is 0 Å². The van der Waals surface area contributed by atoms with E-state index in [9.17, 15) is 13.6 Å². The van der Waals surface area contributed by atoms with Gasteiger partial charge in [0.2, 0.25) is 5.91 Å². The van der Waals surface area contributed by atoms with Gasteiger partial charge in [-0.1, -0.05) is 39.5 Å². The Balaban J connectivity index is 3.23. The molecular weight excluding hydrogens is 328 g/mol. The summed E-state index contributed by atoms with van der Waals surface area (Å²) in [6.07, 6.45) is 1.07. The van der Waals surface area contributed by atoms with Crippen LogP contribution in [0.15, 0.2) is 13.2 Å². The van der Waals surface area contributed by atoms with Gasteiger partial charge >= 0.3 is 0 Å². The van der Waals surface area contributed by atoms with Gasteiger partial charge in [0.25, 0.3) is 6.43 Å². The summed E-state index contributed by atoms with van der Waals surface area (Å²) < 4.78 is 26.2. The highest BCUT2D eigenvalue weighted by Gasteiger charge is 2.26. The van der Waals surface area contributed by atoms with E-state index in [1.807, 2.05) is 13.8 Å². The van der Waals surface area contributed by atoms with Crippen molar-refractivity contribution in [2.24, 2.45) is 5.92 Å². The maximum atomic E-state index is 13.1. The molecule has 1 aromatic heterocycles. The fourth-order valence-corrected chi connectivity index (χ4v) is 3.81. The van der Waals surface area contributed by atoms with Crippen LogP contribution in [0.4, 0.5) is 13.8 Å². The summed E-state index contributed by atoms with van der Waals surface area (Å²) in [4.78, 5) is 14.8. The molecule has 1 unspecified atom stereocenters. The van der Waals surface area contributed by atoms with E-state index >= 15 is 0 Å². The third-order valence-electron chi connectivity index (χ3n) is 4.19. The fourth-order valence-electron chi connectivity index (χ4n) is 2.55. The van der Waals surface area contributed by atoms with Crippen LogP contribution in [0.1, 0.15) is 56.0 Å². The SMILES string of the molecule is C=Cc1sc(N(CC(F)F)C(=O)CCC(C)CC)c(C(=C)C)c1C. The summed E-state index contributed by atoms with van der Waals surface area (Å²) in [5, 5.41) is 0.560. The molecule has 1 amide bonds. The molecule has 5 heteroatoms. The second-order valence-corrected chi connectivity index (χ2v) is 7.23. The molecule has 0 aliphatic carbocycles. The van der Waals surface area contributed by atoms with E-state index in [4.69, 9.17) is 0 Å². The number of thiophene rings is 1. The molecule has 0 aliphatic heterocycles. The first kappa shape index (κ1) is 20.6. The molecule has 1 heterocycles. The predicted molar refractivity (Wildman–Crippen MR) is 101 cm³/mol. The lowest BCUT2D eigenvalue weighted by Gasteiger charge is -2.23. The molecule has 0 N–H and O–H groups in total. The first-order chi connectivity index (χ1) is 11.2. The zero-order chi connectivity index (χ0) is 18.4. The molecule has 1 rings (SSSR count). The number of anilines is 1. The molecule has 0 saturated heterocycles. The zero-order valence-corrected chi connectivity index (χ0v) is 15.8. The molecule has 0 radical (unpaired) electrons. The fraction of sp³-hybridized carbons (Fsp3) is 0.526. The van der Waals surface area contributed by atoms with Crippen LogP contribution < -0.4 is 4.90 Å². The van der Waals surface area contributed by atoms with Gasteiger partial charge in [-0.3, -0.25) is 9.69 Å². The summed E-state index contributed by atoms with van der Waals surface area (Å²) in [6.45, 7) is 15.0. The number of amides is 1. The Labute approximate surface area is 147 Å². The van der Waals surface area contributed by atoms with E-state index in [0.717, 1.165) is 28.0 Å². The van der Waals surface area contributed by atoms with E-state index < -0.39 is 13.0 Å². The van der Waals surface area contributed by atoms with Gasteiger partial charge < -0.3 is 0 Å². The third-order valence-corrected chi connectivity index (χ3v) is 5.50. The molecule has 0 bridgehead atoms. The Bertz CT molecular complexity index is 607. The van der Waals surface area contributed by atoms with Gasteiger partial charge in [0.05, 0.1) is 6.54 Å². The third kappa shape index (κ3) is 5.00. The largest absolute Gasteiger partial charge is 0.297 e. The number of rotatable bonds is 9. The normalized spacial score (nSPS) is 12.3. The van der Waals surface area contributed by atoms with E-state index in [1.54, 1.807) is 6.08 Å². The van der Waals surface area contributed by atoms with E-state index in [2.05, 4.69) is 27.0 Å². The van der Waals surface area contributed by atoms with Crippen molar-refractivity contribution in [3.63, 3.8) is 0 Å². The Morgan fingerprint density at radius 1 is 1.42 bits per heavy atom. The van der Waals surface area contributed by atoms with E-state index in [0.29, 0.717) is 17.3 Å². The molecule has 0 fully saturated rings. The highest BCUT2D eigenvalue weighted by atomic mass is 32.1. The minimum absolute atomic E-state index is 0.255. The average Bonchev–Trinajstić information content (AvgIpc) is 2.86. The van der Waals surface area contributed by atoms with Gasteiger partial charge in [-0.2, -0.15) is 0 Å². The lowest BCUT2D eigenvalue weighted by molar-refractivity contribution is -0.119. The first-order valence-electron chi connectivity index (χ1n) is 8.23. The molecule has 134 valence electrons. The van der Waals surface area contributed by atoms with Gasteiger partial charge in [-0.05, 0) is 37.3 Å². The molecule has 0 spiro atoms. The minimum Gasteiger partial charge on any atom is -0.297 e. The van der Waals surface area contributed by atoms with Gasteiger partial charge in [0, 0.05) is 16.9 Å². The number of allylic oxidation sites excluding steroid dienone is 1. The van der Waals surface area contributed by atoms with Crippen LogP contribution >= 0.6 is 11.3 Å². The number of hydrogen-bond donors (Lipinski definition) is 0. The van der Waals surface area contributed by atoms with Crippen molar-refractivity contribution in [2.75, 3.05) is 11.4 Å². The molecule has 2 nitrogen and oxygen atoms in total. The molecule has 0 saturated carbocycles. The summed E-state index contributed by atoms with van der Waals surface area (Å²) in [6, 6.07) is 0. The quantitative estimate of drug-likeness (QED) is 0.520. The van der Waals surface area contributed by atoms with Gasteiger partial charge in [0.1, 0.15) is 5.00 Å². The first-order valence-corrected chi connectivity index (χ1v) is 9.04. The molecule has 0 aliphatic rings. The Morgan fingerprint density at radius 3 is 2.50 bits per heavy atom. The second-order valence-electron chi connectivity index (χ2n) is 6.20. The number of carbonyl (C=O) groups excluding carboxylic acids is 1. The van der Waals surface area contributed by atoms with Crippen molar-refractivity contribution in [2.45, 2.75) is 53.4 Å². The van der Waals surface area contributed by atoms with Crippen molar-refractivity contribution >= 4 is 33.9 Å². The van der Waals surface area contributed by atoms with Gasteiger partial charge in [0.15, 0.2) is 0 Å². The molecular formula is C19H27F2NOS. The molecule has 1 atom stereocenters. The topological polar surface area (TPSA) is 20.3 Å². The maximum Gasteiger partial charge on any atom is 0.256 e. The minimum atomic E-state index is -2.58. The zero-order valence-electron chi connectivity index (χ0n) is 15.0. The number of halogens is 2. The number of carbonyl (C=O) groups is 1. The summed E-state index contributed by atoms with van der Waals surface area (Å²) in [5.74, 6) is 0.145. The standard InChI is InChI=1S/C19H27F2NOS/c1-7-13(5)9-10-17(23)22(11-16(20)21)19-18(12(3)4)14(6)15(8-2)24-19/h8,13,16H,2-3,7,9-11H2,1,4-6H3. The Morgan fingerprint density at radius 2 is 2.04 bits per heavy atom. The van der Waals surface area contributed by atoms with E-state index in [-0.39, 0.29) is 12.3 Å². The molecule has 0 aromatic carbocycles. The maximum absolute atomic E-state index is 13.1. The highest BCUT2D eigenvalue weighted by Crippen LogP contribution is 2.40. The van der Waals surface area contributed by atoms with Crippen molar-refractivity contribution in [3.05, 3.63) is 29.2 Å². The van der Waals surface area contributed by atoms with Crippen molar-refractivity contribution in [3.8, 4) is 0 Å². The van der Waals surface area contributed by atoms with Crippen molar-refractivity contribution < 1.29 is 13.6 Å². The van der Waals surface area contributed by atoms with Crippen LogP contribution in [0.5, 0.6) is 0 Å². The van der Waals surface area contributed by atoms with Crippen LogP contribution in [-0.4, -0.2) is 18.9 Å². The smallest absolute Gasteiger partial charge is 0.256 e. The van der Waals surface area contributed by atoms with Crippen LogP contribution in [0.25, 0.3) is 11.6 Å². The van der Waals surface area contributed by atoms with E-state index in [1.165, 1.54) is 16.2 Å². The van der Waals surface area contributed by atoms with Gasteiger partial charge in [-0.15, -0.1) is 11.3 Å². The molecule has 1 aromatic rings. The Kier molecular flexibility index (Phi) is 7.80. The number of nitrogens with zero attached hydrogens (tertiary/aromatic N) is 1. The lowest BCUT2D eigenvalue weighted by Crippen LogP contribution is -2.35. The monoisotopic (exact) mass is 355 g/mol. The number of hydrogen-bond acceptors (Lipinski definition) is 2. The highest BCUT2D eigenvalue weighted by molar-refractivity contribution is 7.17. The van der Waals surface area contributed by atoms with Crippen LogP contribution in [-0.2, 0) is 4.79 Å². The second kappa shape index (κ2) is 9.11. The summed E-state index contributed by atoms with van der Waals surface area (Å²) in [5.41, 5.74) is 2.49. The Hall–Kier alpha value is -1.49. The van der Waals surface area contributed by atoms with Crippen molar-refractivity contribution in [1.29, 1.82) is 0 Å². The number of alkyl halides is 2.